The third-order valence-corrected chi connectivity index (χ3v) is 3.14. The van der Waals surface area contributed by atoms with Crippen LogP contribution in [0.15, 0.2) is 30.6 Å². The van der Waals surface area contributed by atoms with Gasteiger partial charge in [-0.25, -0.2) is 4.98 Å². The van der Waals surface area contributed by atoms with E-state index in [-0.39, 0.29) is 5.78 Å². The minimum Gasteiger partial charge on any atom is -0.338 e. The van der Waals surface area contributed by atoms with Crippen LogP contribution in [0.3, 0.4) is 0 Å². The van der Waals surface area contributed by atoms with E-state index in [1.807, 2.05) is 49.9 Å². The molecule has 3 heteroatoms. The minimum absolute atomic E-state index is 0.125. The molecule has 0 saturated carbocycles. The Bertz CT molecular complexity index is 555. The van der Waals surface area contributed by atoms with Crippen molar-refractivity contribution in [3.63, 3.8) is 0 Å². The second kappa shape index (κ2) is 4.53. The molecule has 88 valence electrons. The molecule has 0 spiro atoms. The van der Waals surface area contributed by atoms with Crippen molar-refractivity contribution < 1.29 is 4.79 Å². The smallest absolute Gasteiger partial charge is 0.170 e. The van der Waals surface area contributed by atoms with Gasteiger partial charge in [-0.2, -0.15) is 0 Å². The van der Waals surface area contributed by atoms with Crippen molar-refractivity contribution in [2.45, 2.75) is 20.3 Å². The van der Waals surface area contributed by atoms with Crippen molar-refractivity contribution in [3.05, 3.63) is 53.1 Å². The largest absolute Gasteiger partial charge is 0.338 e. The Labute approximate surface area is 101 Å². The Kier molecular flexibility index (Phi) is 3.09. The Balaban J connectivity index is 2.27. The maximum absolute atomic E-state index is 12.2. The van der Waals surface area contributed by atoms with E-state index < -0.39 is 0 Å². The van der Waals surface area contributed by atoms with Gasteiger partial charge in [0.2, 0.25) is 0 Å². The third kappa shape index (κ3) is 2.28. The Morgan fingerprint density at radius 2 is 2.12 bits per heavy atom. The summed E-state index contributed by atoms with van der Waals surface area (Å²) in [6, 6.07) is 5.83. The number of Topliss-reactive ketones (excluding diaryl/α,β-unsaturated/α-hetero) is 1. The van der Waals surface area contributed by atoms with Gasteiger partial charge in [-0.05, 0) is 25.0 Å². The lowest BCUT2D eigenvalue weighted by molar-refractivity contribution is 0.0989. The van der Waals surface area contributed by atoms with E-state index in [1.54, 1.807) is 6.20 Å². The first-order valence-corrected chi connectivity index (χ1v) is 5.65. The molecule has 1 heterocycles. The summed E-state index contributed by atoms with van der Waals surface area (Å²) in [5.41, 5.74) is 3.01. The molecule has 3 nitrogen and oxygen atoms in total. The highest BCUT2D eigenvalue weighted by Crippen LogP contribution is 2.15. The summed E-state index contributed by atoms with van der Waals surface area (Å²) in [5.74, 6) is 0.927. The first kappa shape index (κ1) is 11.6. The highest BCUT2D eigenvalue weighted by atomic mass is 16.1. The molecule has 0 saturated heterocycles. The standard InChI is InChI=1S/C14H16N2O/c1-10-5-4-6-12(11(10)2)13(17)9-14-15-7-8-16(14)3/h4-8H,9H2,1-3H3. The zero-order valence-corrected chi connectivity index (χ0v) is 10.4. The van der Waals surface area contributed by atoms with Crippen LogP contribution in [0.25, 0.3) is 0 Å². The maximum Gasteiger partial charge on any atom is 0.170 e. The van der Waals surface area contributed by atoms with Crippen LogP contribution in [-0.2, 0) is 13.5 Å². The van der Waals surface area contributed by atoms with E-state index in [1.165, 1.54) is 0 Å². The Morgan fingerprint density at radius 1 is 1.35 bits per heavy atom. The lowest BCUT2D eigenvalue weighted by Gasteiger charge is -2.07. The fraction of sp³-hybridized carbons (Fsp3) is 0.286. The number of carbonyl (C=O) groups excluding carboxylic acids is 1. The molecule has 2 rings (SSSR count). The molecule has 1 aromatic carbocycles. The van der Waals surface area contributed by atoms with Gasteiger partial charge in [0.15, 0.2) is 5.78 Å². The number of imidazole rings is 1. The van der Waals surface area contributed by atoms with E-state index in [0.717, 1.165) is 22.5 Å². The topological polar surface area (TPSA) is 34.9 Å². The van der Waals surface area contributed by atoms with Gasteiger partial charge in [0.1, 0.15) is 5.82 Å². The zero-order valence-electron chi connectivity index (χ0n) is 10.4. The van der Waals surface area contributed by atoms with E-state index in [0.29, 0.717) is 6.42 Å². The van der Waals surface area contributed by atoms with E-state index in [4.69, 9.17) is 0 Å². The maximum atomic E-state index is 12.2. The summed E-state index contributed by atoms with van der Waals surface area (Å²) < 4.78 is 1.88. The van der Waals surface area contributed by atoms with Crippen molar-refractivity contribution in [2.75, 3.05) is 0 Å². The molecule has 0 aliphatic carbocycles. The van der Waals surface area contributed by atoms with Crippen LogP contribution in [0.2, 0.25) is 0 Å². The van der Waals surface area contributed by atoms with Gasteiger partial charge < -0.3 is 4.57 Å². The van der Waals surface area contributed by atoms with Gasteiger partial charge in [0, 0.05) is 25.0 Å². The number of nitrogens with zero attached hydrogens (tertiary/aromatic N) is 2. The molecule has 0 unspecified atom stereocenters. The van der Waals surface area contributed by atoms with E-state index in [9.17, 15) is 4.79 Å². The van der Waals surface area contributed by atoms with Crippen LogP contribution in [-0.4, -0.2) is 15.3 Å². The predicted octanol–water partition coefficient (Wildman–Crippen LogP) is 2.46. The molecule has 0 N–H and O–H groups in total. The number of ketones is 1. The SMILES string of the molecule is Cc1cccc(C(=O)Cc2nccn2C)c1C. The van der Waals surface area contributed by atoms with Crippen LogP contribution in [0.4, 0.5) is 0 Å². The van der Waals surface area contributed by atoms with Gasteiger partial charge in [0.25, 0.3) is 0 Å². The quantitative estimate of drug-likeness (QED) is 0.756. The molecule has 2 aromatic rings. The molecule has 0 radical (unpaired) electrons. The molecular formula is C14H16N2O. The molecular weight excluding hydrogens is 212 g/mol. The summed E-state index contributed by atoms with van der Waals surface area (Å²) in [7, 11) is 1.90. The molecule has 17 heavy (non-hydrogen) atoms. The first-order chi connectivity index (χ1) is 8.09. The first-order valence-electron chi connectivity index (χ1n) is 5.65. The lowest BCUT2D eigenvalue weighted by atomic mass is 9.98. The number of hydrogen-bond acceptors (Lipinski definition) is 2. The van der Waals surface area contributed by atoms with Gasteiger partial charge in [0.05, 0.1) is 6.42 Å². The molecule has 0 fully saturated rings. The van der Waals surface area contributed by atoms with Crippen molar-refractivity contribution in [1.82, 2.24) is 9.55 Å². The van der Waals surface area contributed by atoms with Crippen LogP contribution < -0.4 is 0 Å². The Hall–Kier alpha value is -1.90. The number of carbonyl (C=O) groups is 1. The molecule has 0 aliphatic rings. The summed E-state index contributed by atoms with van der Waals surface area (Å²) in [6.07, 6.45) is 3.92. The Morgan fingerprint density at radius 3 is 2.76 bits per heavy atom. The van der Waals surface area contributed by atoms with Crippen molar-refractivity contribution in [1.29, 1.82) is 0 Å². The van der Waals surface area contributed by atoms with Crippen LogP contribution >= 0.6 is 0 Å². The van der Waals surface area contributed by atoms with Crippen LogP contribution in [0, 0.1) is 13.8 Å². The molecule has 1 aromatic heterocycles. The molecule has 0 aliphatic heterocycles. The summed E-state index contributed by atoms with van der Waals surface area (Å²) in [6.45, 7) is 4.01. The molecule has 0 atom stereocenters. The lowest BCUT2D eigenvalue weighted by Crippen LogP contribution is -2.10. The average Bonchev–Trinajstić information content (AvgIpc) is 2.68. The minimum atomic E-state index is 0.125. The third-order valence-electron chi connectivity index (χ3n) is 3.14. The second-order valence-corrected chi connectivity index (χ2v) is 4.30. The van der Waals surface area contributed by atoms with Crippen molar-refractivity contribution in [2.24, 2.45) is 7.05 Å². The second-order valence-electron chi connectivity index (χ2n) is 4.30. The monoisotopic (exact) mass is 228 g/mol. The number of benzene rings is 1. The van der Waals surface area contributed by atoms with Gasteiger partial charge in [-0.3, -0.25) is 4.79 Å². The number of rotatable bonds is 3. The van der Waals surface area contributed by atoms with E-state index in [2.05, 4.69) is 4.98 Å². The summed E-state index contributed by atoms with van der Waals surface area (Å²) in [5, 5.41) is 0. The number of hydrogen-bond donors (Lipinski definition) is 0. The number of aromatic nitrogens is 2. The number of aryl methyl sites for hydroxylation is 2. The predicted molar refractivity (Wildman–Crippen MR) is 67.2 cm³/mol. The molecule has 0 bridgehead atoms. The van der Waals surface area contributed by atoms with Gasteiger partial charge in [-0.15, -0.1) is 0 Å². The fourth-order valence-corrected chi connectivity index (χ4v) is 1.86. The van der Waals surface area contributed by atoms with Crippen LogP contribution in [0.5, 0.6) is 0 Å². The van der Waals surface area contributed by atoms with E-state index >= 15 is 0 Å². The fourth-order valence-electron chi connectivity index (χ4n) is 1.86. The van der Waals surface area contributed by atoms with Crippen molar-refractivity contribution in [3.8, 4) is 0 Å². The zero-order chi connectivity index (χ0) is 12.4. The highest BCUT2D eigenvalue weighted by molar-refractivity contribution is 5.98. The summed E-state index contributed by atoms with van der Waals surface area (Å²) >= 11 is 0. The normalized spacial score (nSPS) is 10.5. The van der Waals surface area contributed by atoms with Gasteiger partial charge >= 0.3 is 0 Å². The van der Waals surface area contributed by atoms with Gasteiger partial charge in [-0.1, -0.05) is 18.2 Å². The van der Waals surface area contributed by atoms with Crippen LogP contribution in [0.1, 0.15) is 27.3 Å². The molecule has 0 amide bonds. The van der Waals surface area contributed by atoms with Crippen molar-refractivity contribution >= 4 is 5.78 Å². The summed E-state index contributed by atoms with van der Waals surface area (Å²) in [4.78, 5) is 16.4. The highest BCUT2D eigenvalue weighted by Gasteiger charge is 2.12. The average molecular weight is 228 g/mol.